The van der Waals surface area contributed by atoms with Gasteiger partial charge in [0.2, 0.25) is 17.6 Å². The molecular weight excluding hydrogens is 238 g/mol. The zero-order valence-electron chi connectivity index (χ0n) is 10.1. The predicted molar refractivity (Wildman–Crippen MR) is 59.5 cm³/mol. The summed E-state index contributed by atoms with van der Waals surface area (Å²) in [6, 6.07) is -0.653. The zero-order valence-corrected chi connectivity index (χ0v) is 10.1. The minimum atomic E-state index is -0.653. The fraction of sp³-hybridized carbons (Fsp3) is 0.455. The van der Waals surface area contributed by atoms with Gasteiger partial charge in [0.25, 0.3) is 5.91 Å². The highest BCUT2D eigenvalue weighted by Gasteiger charge is 2.37. The molecule has 0 aliphatic carbocycles. The maximum atomic E-state index is 12.2. The van der Waals surface area contributed by atoms with Crippen molar-refractivity contribution < 1.29 is 18.9 Å². The lowest BCUT2D eigenvalue weighted by Gasteiger charge is -2.32. The summed E-state index contributed by atoms with van der Waals surface area (Å²) in [6.45, 7) is 3.30. The van der Waals surface area contributed by atoms with E-state index in [1.165, 1.54) is 11.1 Å². The van der Waals surface area contributed by atoms with Crippen LogP contribution in [0.5, 0.6) is 0 Å². The number of hydrogen-bond donors (Lipinski definition) is 1. The molecule has 1 aliphatic rings. The summed E-state index contributed by atoms with van der Waals surface area (Å²) in [5.41, 5.74) is 0.577. The van der Waals surface area contributed by atoms with Crippen molar-refractivity contribution in [2.75, 3.05) is 6.54 Å². The molecule has 1 fully saturated rings. The van der Waals surface area contributed by atoms with E-state index in [-0.39, 0.29) is 12.3 Å². The van der Waals surface area contributed by atoms with E-state index in [1.807, 2.05) is 0 Å². The SMILES string of the molecule is CCC1C(=O)NC(=O)CN1C(=O)c1oncc1C. The number of aromatic nitrogens is 1. The van der Waals surface area contributed by atoms with Gasteiger partial charge in [-0.3, -0.25) is 19.7 Å². The fourth-order valence-electron chi connectivity index (χ4n) is 1.91. The summed E-state index contributed by atoms with van der Waals surface area (Å²) in [7, 11) is 0. The van der Waals surface area contributed by atoms with Gasteiger partial charge in [0.05, 0.1) is 6.20 Å². The Morgan fingerprint density at radius 2 is 2.33 bits per heavy atom. The quantitative estimate of drug-likeness (QED) is 0.738. The van der Waals surface area contributed by atoms with Crippen LogP contribution in [0.2, 0.25) is 0 Å². The van der Waals surface area contributed by atoms with Crippen LogP contribution >= 0.6 is 0 Å². The monoisotopic (exact) mass is 251 g/mol. The first kappa shape index (κ1) is 12.3. The minimum Gasteiger partial charge on any atom is -0.351 e. The molecule has 96 valence electrons. The molecule has 7 nitrogen and oxygen atoms in total. The molecule has 1 atom stereocenters. The Labute approximate surface area is 103 Å². The van der Waals surface area contributed by atoms with Crippen LogP contribution in [0.25, 0.3) is 0 Å². The Kier molecular flexibility index (Phi) is 3.14. The molecule has 0 spiro atoms. The summed E-state index contributed by atoms with van der Waals surface area (Å²) in [6.07, 6.45) is 1.85. The van der Waals surface area contributed by atoms with Crippen LogP contribution in [0.4, 0.5) is 0 Å². The Morgan fingerprint density at radius 3 is 2.89 bits per heavy atom. The van der Waals surface area contributed by atoms with Crippen molar-refractivity contribution in [3.63, 3.8) is 0 Å². The van der Waals surface area contributed by atoms with Crippen molar-refractivity contribution in [3.05, 3.63) is 17.5 Å². The maximum Gasteiger partial charge on any atom is 0.293 e. The van der Waals surface area contributed by atoms with Crippen molar-refractivity contribution in [1.29, 1.82) is 0 Å². The average molecular weight is 251 g/mol. The van der Waals surface area contributed by atoms with Crippen molar-refractivity contribution in [1.82, 2.24) is 15.4 Å². The van der Waals surface area contributed by atoms with Gasteiger partial charge in [0.15, 0.2) is 0 Å². The smallest absolute Gasteiger partial charge is 0.293 e. The Hall–Kier alpha value is -2.18. The fourth-order valence-corrected chi connectivity index (χ4v) is 1.91. The molecule has 2 rings (SSSR count). The highest BCUT2D eigenvalue weighted by molar-refractivity contribution is 6.06. The largest absolute Gasteiger partial charge is 0.351 e. The highest BCUT2D eigenvalue weighted by atomic mass is 16.5. The van der Waals surface area contributed by atoms with Crippen LogP contribution in [0.15, 0.2) is 10.7 Å². The van der Waals surface area contributed by atoms with Gasteiger partial charge in [0.1, 0.15) is 12.6 Å². The summed E-state index contributed by atoms with van der Waals surface area (Å²) >= 11 is 0. The van der Waals surface area contributed by atoms with Gasteiger partial charge < -0.3 is 9.42 Å². The van der Waals surface area contributed by atoms with Gasteiger partial charge in [-0.05, 0) is 13.3 Å². The van der Waals surface area contributed by atoms with E-state index in [0.717, 1.165) is 0 Å². The van der Waals surface area contributed by atoms with Gasteiger partial charge in [-0.25, -0.2) is 0 Å². The number of carbonyl (C=O) groups excluding carboxylic acids is 3. The molecule has 18 heavy (non-hydrogen) atoms. The topological polar surface area (TPSA) is 92.5 Å². The molecule has 1 N–H and O–H groups in total. The molecule has 1 unspecified atom stereocenters. The van der Waals surface area contributed by atoms with E-state index >= 15 is 0 Å². The van der Waals surface area contributed by atoms with Crippen LogP contribution in [-0.4, -0.2) is 40.4 Å². The molecule has 1 saturated heterocycles. The lowest BCUT2D eigenvalue weighted by atomic mass is 10.1. The third-order valence-electron chi connectivity index (χ3n) is 2.85. The maximum absolute atomic E-state index is 12.2. The van der Waals surface area contributed by atoms with Gasteiger partial charge in [0, 0.05) is 5.56 Å². The molecule has 7 heteroatoms. The van der Waals surface area contributed by atoms with Gasteiger partial charge >= 0.3 is 0 Å². The summed E-state index contributed by atoms with van der Waals surface area (Å²) in [5, 5.41) is 5.73. The molecular formula is C11H13N3O4. The van der Waals surface area contributed by atoms with E-state index in [1.54, 1.807) is 13.8 Å². The van der Waals surface area contributed by atoms with Crippen LogP contribution in [0, 0.1) is 6.92 Å². The lowest BCUT2D eigenvalue weighted by Crippen LogP contribution is -2.59. The second kappa shape index (κ2) is 4.59. The van der Waals surface area contributed by atoms with Gasteiger partial charge in [-0.15, -0.1) is 0 Å². The third kappa shape index (κ3) is 1.99. The number of hydrogen-bond acceptors (Lipinski definition) is 5. The van der Waals surface area contributed by atoms with Crippen molar-refractivity contribution >= 4 is 17.7 Å². The Bertz CT molecular complexity index is 508. The molecule has 3 amide bonds. The number of rotatable bonds is 2. The lowest BCUT2D eigenvalue weighted by molar-refractivity contribution is -0.138. The molecule has 0 radical (unpaired) electrons. The van der Waals surface area contributed by atoms with Crippen molar-refractivity contribution in [3.8, 4) is 0 Å². The summed E-state index contributed by atoms with van der Waals surface area (Å²) in [5.74, 6) is -1.37. The average Bonchev–Trinajstić information content (AvgIpc) is 2.73. The third-order valence-corrected chi connectivity index (χ3v) is 2.85. The van der Waals surface area contributed by atoms with E-state index in [4.69, 9.17) is 4.52 Å². The number of piperazine rings is 1. The second-order valence-corrected chi connectivity index (χ2v) is 4.11. The molecule has 1 aromatic rings. The number of nitrogens with zero attached hydrogens (tertiary/aromatic N) is 2. The van der Waals surface area contributed by atoms with E-state index < -0.39 is 23.8 Å². The van der Waals surface area contributed by atoms with E-state index in [9.17, 15) is 14.4 Å². The van der Waals surface area contributed by atoms with Gasteiger partial charge in [-0.1, -0.05) is 12.1 Å². The van der Waals surface area contributed by atoms with Crippen LogP contribution in [0.3, 0.4) is 0 Å². The van der Waals surface area contributed by atoms with Gasteiger partial charge in [-0.2, -0.15) is 0 Å². The Balaban J connectivity index is 2.30. The number of amides is 3. The number of aryl methyl sites for hydroxylation is 1. The Morgan fingerprint density at radius 1 is 1.61 bits per heavy atom. The molecule has 1 aliphatic heterocycles. The molecule has 1 aromatic heterocycles. The summed E-state index contributed by atoms with van der Waals surface area (Å²) < 4.78 is 4.86. The van der Waals surface area contributed by atoms with Crippen molar-refractivity contribution in [2.24, 2.45) is 0 Å². The normalized spacial score (nSPS) is 19.9. The molecule has 0 bridgehead atoms. The standard InChI is InChI=1S/C11H13N3O4/c1-3-7-10(16)13-8(15)5-14(7)11(17)9-6(2)4-12-18-9/h4,7H,3,5H2,1-2H3,(H,13,15,16). The second-order valence-electron chi connectivity index (χ2n) is 4.11. The van der Waals surface area contributed by atoms with Crippen LogP contribution in [0.1, 0.15) is 29.5 Å². The predicted octanol–water partition coefficient (Wildman–Crippen LogP) is -0.140. The van der Waals surface area contributed by atoms with E-state index in [0.29, 0.717) is 12.0 Å². The van der Waals surface area contributed by atoms with Crippen molar-refractivity contribution in [2.45, 2.75) is 26.3 Å². The highest BCUT2D eigenvalue weighted by Crippen LogP contribution is 2.16. The number of imide groups is 1. The molecule has 0 saturated carbocycles. The number of nitrogens with one attached hydrogen (secondary N) is 1. The zero-order chi connectivity index (χ0) is 13.3. The minimum absolute atomic E-state index is 0.0657. The first-order chi connectivity index (χ1) is 8.54. The molecule has 0 aromatic carbocycles. The summed E-state index contributed by atoms with van der Waals surface area (Å²) in [4.78, 5) is 36.4. The first-order valence-corrected chi connectivity index (χ1v) is 5.60. The van der Waals surface area contributed by atoms with Crippen LogP contribution < -0.4 is 5.32 Å². The van der Waals surface area contributed by atoms with Crippen LogP contribution in [-0.2, 0) is 9.59 Å². The first-order valence-electron chi connectivity index (χ1n) is 5.60. The molecule has 2 heterocycles. The number of carbonyl (C=O) groups is 3. The van der Waals surface area contributed by atoms with E-state index in [2.05, 4.69) is 10.5 Å².